The fourth-order valence-corrected chi connectivity index (χ4v) is 3.14. The number of nitrogens with zero attached hydrogens (tertiary/aromatic N) is 1. The van der Waals surface area contributed by atoms with Crippen LogP contribution >= 0.6 is 24.0 Å². The molecule has 0 radical (unpaired) electrons. The Hall–Kier alpha value is -2.58. The first-order valence-electron chi connectivity index (χ1n) is 8.92. The zero-order chi connectivity index (χ0) is 21.3. The molecule has 0 aliphatic rings. The molecule has 0 bridgehead atoms. The lowest BCUT2D eigenvalue weighted by Gasteiger charge is -2.12. The number of terminal acetylenes is 1. The van der Waals surface area contributed by atoms with E-state index < -0.39 is 9.84 Å². The molecule has 0 heterocycles. The van der Waals surface area contributed by atoms with E-state index in [1.54, 1.807) is 55.6 Å². The normalized spacial score (nSPS) is 11.0. The summed E-state index contributed by atoms with van der Waals surface area (Å²) >= 11 is 0. The summed E-state index contributed by atoms with van der Waals surface area (Å²) in [6.45, 7) is 0.618. The molecule has 0 spiro atoms. The van der Waals surface area contributed by atoms with Crippen LogP contribution in [0.3, 0.4) is 0 Å². The Kier molecular flexibility index (Phi) is 10.3. The third-order valence-corrected chi connectivity index (χ3v) is 5.14. The fourth-order valence-electron chi connectivity index (χ4n) is 2.51. The van der Waals surface area contributed by atoms with Crippen LogP contribution in [0.1, 0.15) is 11.1 Å². The van der Waals surface area contributed by atoms with Crippen LogP contribution in [-0.2, 0) is 21.1 Å². The highest BCUT2D eigenvalue weighted by Gasteiger charge is 2.07. The molecular formula is C21H25IN4O3S. The maximum Gasteiger partial charge on any atom is 0.243 e. The van der Waals surface area contributed by atoms with Gasteiger partial charge in [0.2, 0.25) is 5.91 Å². The van der Waals surface area contributed by atoms with E-state index in [0.717, 1.165) is 5.56 Å². The summed E-state index contributed by atoms with van der Waals surface area (Å²) in [5.41, 5.74) is 2.32. The van der Waals surface area contributed by atoms with Crippen molar-refractivity contribution in [3.05, 3.63) is 59.7 Å². The standard InChI is InChI=1S/C21H24N4O3S.HI/c1-4-16-6-5-7-18(14-16)25-20(26)15-24-21(22-2)23-13-12-17-8-10-19(11-9-17)29(3,27)28;/h1,5-11,14H,12-13,15H2,2-3H3,(H,25,26)(H2,22,23,24);1H. The van der Waals surface area contributed by atoms with E-state index in [4.69, 9.17) is 6.42 Å². The second kappa shape index (κ2) is 12.2. The van der Waals surface area contributed by atoms with Crippen LogP contribution in [-0.4, -0.2) is 46.7 Å². The molecule has 2 aromatic rings. The number of amides is 1. The van der Waals surface area contributed by atoms with Gasteiger partial charge < -0.3 is 16.0 Å². The minimum absolute atomic E-state index is 0. The summed E-state index contributed by atoms with van der Waals surface area (Å²) in [7, 11) is -1.58. The molecule has 0 saturated carbocycles. The molecule has 0 aliphatic heterocycles. The predicted octanol–water partition coefficient (Wildman–Crippen LogP) is 2.04. The van der Waals surface area contributed by atoms with Gasteiger partial charge in [-0.05, 0) is 42.3 Å². The van der Waals surface area contributed by atoms with Crippen LogP contribution in [0.4, 0.5) is 5.69 Å². The van der Waals surface area contributed by atoms with E-state index in [2.05, 4.69) is 26.9 Å². The van der Waals surface area contributed by atoms with Crippen molar-refractivity contribution in [2.24, 2.45) is 4.99 Å². The van der Waals surface area contributed by atoms with E-state index in [1.165, 1.54) is 6.26 Å². The molecule has 0 fully saturated rings. The number of hydrogen-bond donors (Lipinski definition) is 3. The van der Waals surface area contributed by atoms with E-state index in [0.29, 0.717) is 35.1 Å². The van der Waals surface area contributed by atoms with Gasteiger partial charge in [0.25, 0.3) is 0 Å². The number of benzene rings is 2. The Bertz CT molecular complexity index is 1030. The number of anilines is 1. The molecule has 0 aliphatic carbocycles. The molecule has 2 rings (SSSR count). The number of nitrogens with one attached hydrogen (secondary N) is 3. The van der Waals surface area contributed by atoms with Gasteiger partial charge in [-0.25, -0.2) is 8.42 Å². The highest BCUT2D eigenvalue weighted by atomic mass is 127. The summed E-state index contributed by atoms with van der Waals surface area (Å²) < 4.78 is 23.0. The van der Waals surface area contributed by atoms with Crippen molar-refractivity contribution in [2.45, 2.75) is 11.3 Å². The van der Waals surface area contributed by atoms with Gasteiger partial charge in [-0.2, -0.15) is 0 Å². The molecule has 0 unspecified atom stereocenters. The number of carbonyl (C=O) groups is 1. The number of sulfone groups is 1. The van der Waals surface area contributed by atoms with Crippen molar-refractivity contribution in [3.63, 3.8) is 0 Å². The van der Waals surface area contributed by atoms with Gasteiger partial charge in [0.1, 0.15) is 0 Å². The number of rotatable bonds is 7. The largest absolute Gasteiger partial charge is 0.356 e. The molecule has 3 N–H and O–H groups in total. The Morgan fingerprint density at radius 3 is 2.43 bits per heavy atom. The number of aliphatic imine (C=N–C) groups is 1. The van der Waals surface area contributed by atoms with Crippen LogP contribution in [0.5, 0.6) is 0 Å². The van der Waals surface area contributed by atoms with Crippen LogP contribution in [0.2, 0.25) is 0 Å². The average molecular weight is 540 g/mol. The first-order chi connectivity index (χ1) is 13.8. The lowest BCUT2D eigenvalue weighted by atomic mass is 10.1. The van der Waals surface area contributed by atoms with Crippen molar-refractivity contribution in [3.8, 4) is 12.3 Å². The number of guanidine groups is 1. The lowest BCUT2D eigenvalue weighted by Crippen LogP contribution is -2.42. The Morgan fingerprint density at radius 2 is 1.83 bits per heavy atom. The van der Waals surface area contributed by atoms with E-state index in [9.17, 15) is 13.2 Å². The molecule has 0 atom stereocenters. The van der Waals surface area contributed by atoms with Crippen molar-refractivity contribution in [1.29, 1.82) is 0 Å². The molecule has 9 heteroatoms. The minimum atomic E-state index is -3.19. The van der Waals surface area contributed by atoms with Crippen LogP contribution in [0.15, 0.2) is 58.4 Å². The van der Waals surface area contributed by atoms with Gasteiger partial charge in [0.05, 0.1) is 11.4 Å². The second-order valence-corrected chi connectivity index (χ2v) is 8.31. The fraction of sp³-hybridized carbons (Fsp3) is 0.238. The van der Waals surface area contributed by atoms with Crippen LogP contribution in [0.25, 0.3) is 0 Å². The number of hydrogen-bond acceptors (Lipinski definition) is 4. The smallest absolute Gasteiger partial charge is 0.243 e. The van der Waals surface area contributed by atoms with Crippen molar-refractivity contribution < 1.29 is 13.2 Å². The molecular weight excluding hydrogens is 515 g/mol. The lowest BCUT2D eigenvalue weighted by molar-refractivity contribution is -0.115. The van der Waals surface area contributed by atoms with Gasteiger partial charge in [-0.15, -0.1) is 30.4 Å². The zero-order valence-electron chi connectivity index (χ0n) is 16.8. The molecule has 0 aromatic heterocycles. The molecule has 7 nitrogen and oxygen atoms in total. The average Bonchev–Trinajstić information content (AvgIpc) is 2.70. The number of carbonyl (C=O) groups excluding carboxylic acids is 1. The van der Waals surface area contributed by atoms with Crippen molar-refractivity contribution >= 4 is 51.4 Å². The third-order valence-electron chi connectivity index (χ3n) is 4.01. The van der Waals surface area contributed by atoms with Gasteiger partial charge in [-0.1, -0.05) is 24.1 Å². The summed E-state index contributed by atoms with van der Waals surface area (Å²) in [6, 6.07) is 13.8. The molecule has 1 amide bonds. The summed E-state index contributed by atoms with van der Waals surface area (Å²) in [6.07, 6.45) is 7.21. The SMILES string of the molecule is C#Cc1cccc(NC(=O)CNC(=NC)NCCc2ccc(S(C)(=O)=O)cc2)c1.I. The summed E-state index contributed by atoms with van der Waals surface area (Å²) in [5.74, 6) is 2.79. The van der Waals surface area contributed by atoms with E-state index in [1.807, 2.05) is 0 Å². The Balaban J connectivity index is 0.00000450. The van der Waals surface area contributed by atoms with Crippen LogP contribution < -0.4 is 16.0 Å². The van der Waals surface area contributed by atoms with Crippen LogP contribution in [0, 0.1) is 12.3 Å². The zero-order valence-corrected chi connectivity index (χ0v) is 20.0. The second-order valence-electron chi connectivity index (χ2n) is 6.29. The van der Waals surface area contributed by atoms with Gasteiger partial charge in [0, 0.05) is 31.1 Å². The van der Waals surface area contributed by atoms with Crippen molar-refractivity contribution in [2.75, 3.05) is 31.7 Å². The van der Waals surface area contributed by atoms with E-state index in [-0.39, 0.29) is 36.4 Å². The maximum atomic E-state index is 12.1. The predicted molar refractivity (Wildman–Crippen MR) is 131 cm³/mol. The minimum Gasteiger partial charge on any atom is -0.356 e. The Morgan fingerprint density at radius 1 is 1.13 bits per heavy atom. The summed E-state index contributed by atoms with van der Waals surface area (Å²) in [5, 5.41) is 8.82. The summed E-state index contributed by atoms with van der Waals surface area (Å²) in [4.78, 5) is 16.5. The molecule has 2 aromatic carbocycles. The third kappa shape index (κ3) is 8.42. The molecule has 30 heavy (non-hydrogen) atoms. The number of halogens is 1. The quantitative estimate of drug-likeness (QED) is 0.216. The molecule has 0 saturated heterocycles. The molecule has 160 valence electrons. The van der Waals surface area contributed by atoms with Gasteiger partial charge in [0.15, 0.2) is 15.8 Å². The first-order valence-corrected chi connectivity index (χ1v) is 10.8. The first kappa shape index (κ1) is 25.5. The highest BCUT2D eigenvalue weighted by Crippen LogP contribution is 2.11. The van der Waals surface area contributed by atoms with Gasteiger partial charge in [-0.3, -0.25) is 9.79 Å². The Labute approximate surface area is 194 Å². The highest BCUT2D eigenvalue weighted by molar-refractivity contribution is 14.0. The topological polar surface area (TPSA) is 99.7 Å². The van der Waals surface area contributed by atoms with E-state index >= 15 is 0 Å². The van der Waals surface area contributed by atoms with Gasteiger partial charge >= 0.3 is 0 Å². The monoisotopic (exact) mass is 540 g/mol. The van der Waals surface area contributed by atoms with Crippen molar-refractivity contribution in [1.82, 2.24) is 10.6 Å². The maximum absolute atomic E-state index is 12.1.